The summed E-state index contributed by atoms with van der Waals surface area (Å²) in [6.45, 7) is 7.35. The normalized spacial score (nSPS) is 12.0. The quantitative estimate of drug-likeness (QED) is 0.223. The van der Waals surface area contributed by atoms with Gasteiger partial charge in [-0.15, -0.1) is 0 Å². The topological polar surface area (TPSA) is 111 Å². The van der Waals surface area contributed by atoms with Gasteiger partial charge in [0.1, 0.15) is 0 Å². The van der Waals surface area contributed by atoms with E-state index in [1.165, 1.54) is 23.2 Å². The van der Waals surface area contributed by atoms with Crippen molar-refractivity contribution < 1.29 is 18.0 Å². The highest BCUT2D eigenvalue weighted by Gasteiger charge is 2.31. The predicted molar refractivity (Wildman–Crippen MR) is 149 cm³/mol. The standard InChI is InChI=1S/C29H26F3N7O/c1-4-20(6-5-10-33)25-9-11-34-28(37-25)38-26-12-21(8-7-18(26)2)27(40)36-23-13-22(29(30,31)32)14-24(15-23)39-16-19(3)35-17-39/h4-17H,1,33H2,2-3H3,(H,36,40)(H,34,37,38)/b10-5-,20-6+. The molecule has 2 aromatic carbocycles. The molecule has 4 rings (SSSR count). The molecule has 0 spiro atoms. The highest BCUT2D eigenvalue weighted by Crippen LogP contribution is 2.33. The minimum Gasteiger partial charge on any atom is -0.405 e. The smallest absolute Gasteiger partial charge is 0.405 e. The zero-order valence-corrected chi connectivity index (χ0v) is 21.7. The van der Waals surface area contributed by atoms with E-state index in [1.807, 2.05) is 6.92 Å². The van der Waals surface area contributed by atoms with Gasteiger partial charge in [0.25, 0.3) is 5.91 Å². The molecule has 0 aliphatic rings. The summed E-state index contributed by atoms with van der Waals surface area (Å²) in [5.41, 5.74) is 8.26. The van der Waals surface area contributed by atoms with Gasteiger partial charge < -0.3 is 20.9 Å². The maximum Gasteiger partial charge on any atom is 0.416 e. The van der Waals surface area contributed by atoms with Gasteiger partial charge in [0.2, 0.25) is 5.95 Å². The van der Waals surface area contributed by atoms with Crippen LogP contribution in [-0.2, 0) is 6.18 Å². The Hall–Kier alpha value is -5.19. The number of imidazole rings is 1. The number of alkyl halides is 3. The number of aryl methyl sites for hydroxylation is 2. The van der Waals surface area contributed by atoms with Crippen LogP contribution < -0.4 is 16.4 Å². The van der Waals surface area contributed by atoms with Crippen LogP contribution in [0.4, 0.5) is 30.5 Å². The van der Waals surface area contributed by atoms with E-state index < -0.39 is 17.6 Å². The molecule has 0 unspecified atom stereocenters. The van der Waals surface area contributed by atoms with Crippen LogP contribution in [0.15, 0.2) is 92.2 Å². The Morgan fingerprint density at radius 3 is 2.58 bits per heavy atom. The van der Waals surface area contributed by atoms with Gasteiger partial charge in [0.05, 0.1) is 23.3 Å². The number of aromatic nitrogens is 4. The average Bonchev–Trinajstić information content (AvgIpc) is 3.36. The minimum atomic E-state index is -4.61. The number of halogens is 3. The molecular formula is C29H26F3N7O. The second-order valence-electron chi connectivity index (χ2n) is 8.77. The molecule has 0 bridgehead atoms. The van der Waals surface area contributed by atoms with Crippen LogP contribution in [0.3, 0.4) is 0 Å². The van der Waals surface area contributed by atoms with E-state index >= 15 is 0 Å². The van der Waals surface area contributed by atoms with Crippen molar-refractivity contribution in [2.75, 3.05) is 10.6 Å². The van der Waals surface area contributed by atoms with Crippen molar-refractivity contribution >= 4 is 28.8 Å². The van der Waals surface area contributed by atoms with Gasteiger partial charge in [-0.25, -0.2) is 15.0 Å². The Labute approximate surface area is 228 Å². The third-order valence-corrected chi connectivity index (χ3v) is 5.82. The number of rotatable bonds is 8. The van der Waals surface area contributed by atoms with Crippen LogP contribution in [-0.4, -0.2) is 25.4 Å². The van der Waals surface area contributed by atoms with E-state index in [0.717, 1.165) is 23.3 Å². The number of benzene rings is 2. The number of carbonyl (C=O) groups excluding carboxylic acids is 1. The summed E-state index contributed by atoms with van der Waals surface area (Å²) < 4.78 is 42.3. The van der Waals surface area contributed by atoms with Gasteiger partial charge in [-0.3, -0.25) is 4.79 Å². The first-order valence-electron chi connectivity index (χ1n) is 12.0. The van der Waals surface area contributed by atoms with Gasteiger partial charge in [0.15, 0.2) is 0 Å². The summed E-state index contributed by atoms with van der Waals surface area (Å²) >= 11 is 0. The van der Waals surface area contributed by atoms with Crippen molar-refractivity contribution in [1.82, 2.24) is 19.5 Å². The molecule has 11 heteroatoms. The monoisotopic (exact) mass is 545 g/mol. The molecule has 0 aliphatic carbocycles. The van der Waals surface area contributed by atoms with Crippen molar-refractivity contribution in [2.45, 2.75) is 20.0 Å². The number of nitrogens with two attached hydrogens (primary N) is 1. The van der Waals surface area contributed by atoms with Crippen LogP contribution in [0.2, 0.25) is 0 Å². The summed E-state index contributed by atoms with van der Waals surface area (Å²) in [6.07, 6.45) is 6.41. The molecule has 2 aromatic heterocycles. The van der Waals surface area contributed by atoms with Gasteiger partial charge in [-0.2, -0.15) is 13.2 Å². The van der Waals surface area contributed by atoms with Crippen LogP contribution in [0, 0.1) is 13.8 Å². The largest absolute Gasteiger partial charge is 0.416 e. The first-order valence-corrected chi connectivity index (χ1v) is 12.0. The first-order chi connectivity index (χ1) is 19.1. The number of amides is 1. The van der Waals surface area contributed by atoms with E-state index in [9.17, 15) is 18.0 Å². The second-order valence-corrected chi connectivity index (χ2v) is 8.77. The third kappa shape index (κ3) is 6.62. The number of hydrogen-bond acceptors (Lipinski definition) is 6. The van der Waals surface area contributed by atoms with E-state index in [-0.39, 0.29) is 22.9 Å². The van der Waals surface area contributed by atoms with E-state index in [1.54, 1.807) is 61.8 Å². The van der Waals surface area contributed by atoms with Crippen molar-refractivity contribution in [3.8, 4) is 5.69 Å². The molecule has 0 saturated heterocycles. The molecule has 8 nitrogen and oxygen atoms in total. The van der Waals surface area contributed by atoms with Gasteiger partial charge in [0, 0.05) is 35.0 Å². The maximum atomic E-state index is 13.6. The van der Waals surface area contributed by atoms with Gasteiger partial charge >= 0.3 is 6.18 Å². The lowest BCUT2D eigenvalue weighted by molar-refractivity contribution is -0.137. The maximum absolute atomic E-state index is 13.6. The van der Waals surface area contributed by atoms with Crippen molar-refractivity contribution in [1.29, 1.82) is 0 Å². The molecule has 4 aromatic rings. The Kier molecular flexibility index (Phi) is 8.13. The van der Waals surface area contributed by atoms with Crippen LogP contribution in [0.1, 0.15) is 32.9 Å². The molecule has 40 heavy (non-hydrogen) atoms. The SMILES string of the molecule is C=C/C(=C\C=C/N)c1ccnc(Nc2cc(C(=O)Nc3cc(-n4cnc(C)c4)cc(C(F)(F)F)c3)ccc2C)n1. The Morgan fingerprint density at radius 1 is 1.10 bits per heavy atom. The van der Waals surface area contributed by atoms with E-state index in [4.69, 9.17) is 5.73 Å². The molecule has 0 radical (unpaired) electrons. The van der Waals surface area contributed by atoms with Crippen LogP contribution in [0.5, 0.6) is 0 Å². The average molecular weight is 546 g/mol. The molecule has 0 fully saturated rings. The zero-order valence-electron chi connectivity index (χ0n) is 21.7. The summed E-state index contributed by atoms with van der Waals surface area (Å²) in [7, 11) is 0. The number of nitrogens with one attached hydrogen (secondary N) is 2. The van der Waals surface area contributed by atoms with E-state index in [2.05, 4.69) is 32.2 Å². The highest BCUT2D eigenvalue weighted by atomic mass is 19.4. The fraction of sp³-hybridized carbons (Fsp3) is 0.103. The van der Waals surface area contributed by atoms with Crippen molar-refractivity contribution in [3.05, 3.63) is 120 Å². The fourth-order valence-electron chi connectivity index (χ4n) is 3.78. The number of carbonyl (C=O) groups is 1. The molecule has 4 N–H and O–H groups in total. The first kappa shape index (κ1) is 27.8. The van der Waals surface area contributed by atoms with Crippen molar-refractivity contribution in [2.24, 2.45) is 5.73 Å². The molecular weight excluding hydrogens is 519 g/mol. The summed E-state index contributed by atoms with van der Waals surface area (Å²) in [5.74, 6) is -0.309. The number of anilines is 3. The second kappa shape index (κ2) is 11.7. The van der Waals surface area contributed by atoms with Gasteiger partial charge in [-0.1, -0.05) is 24.8 Å². The van der Waals surface area contributed by atoms with E-state index in [0.29, 0.717) is 17.1 Å². The zero-order chi connectivity index (χ0) is 28.9. The lowest BCUT2D eigenvalue weighted by atomic mass is 10.1. The minimum absolute atomic E-state index is 0.0115. The number of allylic oxidation sites excluding steroid dienone is 4. The molecule has 0 aliphatic heterocycles. The van der Waals surface area contributed by atoms with Crippen LogP contribution >= 0.6 is 0 Å². The third-order valence-electron chi connectivity index (χ3n) is 5.82. The predicted octanol–water partition coefficient (Wildman–Crippen LogP) is 6.34. The summed E-state index contributed by atoms with van der Waals surface area (Å²) in [4.78, 5) is 25.9. The molecule has 204 valence electrons. The number of nitrogens with zero attached hydrogens (tertiary/aromatic N) is 4. The van der Waals surface area contributed by atoms with Crippen LogP contribution in [0.25, 0.3) is 11.3 Å². The summed E-state index contributed by atoms with van der Waals surface area (Å²) in [5, 5.41) is 5.69. The molecule has 0 atom stereocenters. The molecule has 2 heterocycles. The lowest BCUT2D eigenvalue weighted by Crippen LogP contribution is -2.14. The van der Waals surface area contributed by atoms with Gasteiger partial charge in [-0.05, 0) is 73.7 Å². The Morgan fingerprint density at radius 2 is 1.90 bits per heavy atom. The Bertz CT molecular complexity index is 1620. The fourth-order valence-corrected chi connectivity index (χ4v) is 3.78. The summed E-state index contributed by atoms with van der Waals surface area (Å²) in [6, 6.07) is 9.93. The lowest BCUT2D eigenvalue weighted by Gasteiger charge is -2.14. The molecule has 1 amide bonds. The Balaban J connectivity index is 1.61. The molecule has 0 saturated carbocycles. The van der Waals surface area contributed by atoms with Crippen molar-refractivity contribution in [3.63, 3.8) is 0 Å². The number of hydrogen-bond donors (Lipinski definition) is 3. The highest BCUT2D eigenvalue weighted by molar-refractivity contribution is 6.05.